The zero-order valence-electron chi connectivity index (χ0n) is 26.8. The molecule has 0 aromatic carbocycles. The number of hydrogen-bond acceptors (Lipinski definition) is 2. The van der Waals surface area contributed by atoms with Crippen LogP contribution in [0.1, 0.15) is 25.7 Å². The molecule has 367 valence electrons. The van der Waals surface area contributed by atoms with Gasteiger partial charge in [0.05, 0.1) is 12.8 Å². The van der Waals surface area contributed by atoms with Crippen molar-refractivity contribution in [2.75, 3.05) is 0 Å². The largest absolute Gasteiger partial charge is 0.481 e. The smallest absolute Gasteiger partial charge is 0.460 e. The molecule has 0 fully saturated rings. The summed E-state index contributed by atoms with van der Waals surface area (Å²) in [5.41, 5.74) is 0. The fourth-order valence-electron chi connectivity index (χ4n) is 3.23. The fourth-order valence-corrected chi connectivity index (χ4v) is 3.23. The summed E-state index contributed by atoms with van der Waals surface area (Å²) < 4.78 is 436. The van der Waals surface area contributed by atoms with E-state index in [1.807, 2.05) is 0 Å². The molecule has 61 heavy (non-hydrogen) atoms. The minimum absolute atomic E-state index is 0. The average molecular weight is 1040 g/mol. The summed E-state index contributed by atoms with van der Waals surface area (Å²) in [6, 6.07) is 0. The van der Waals surface area contributed by atoms with Crippen LogP contribution in [0.5, 0.6) is 0 Å². The van der Waals surface area contributed by atoms with E-state index in [4.69, 9.17) is 10.2 Å². The maximum Gasteiger partial charge on any atom is 0.460 e. The molecule has 0 aromatic rings. The maximum absolute atomic E-state index is 13.2. The van der Waals surface area contributed by atoms with Crippen LogP contribution < -0.4 is 0 Å². The third-order valence-corrected chi connectivity index (χ3v) is 6.88. The molecule has 4 nitrogen and oxygen atoms in total. The summed E-state index contributed by atoms with van der Waals surface area (Å²) in [6.45, 7) is 0. The van der Waals surface area contributed by atoms with Gasteiger partial charge in [-0.05, 0) is 0 Å². The molecule has 0 aliphatic heterocycles. The van der Waals surface area contributed by atoms with Gasteiger partial charge in [-0.25, -0.2) is 0 Å². The number of carboxylic acid groups (broad SMARTS) is 2. The molecule has 0 aliphatic carbocycles. The first-order valence-electron chi connectivity index (χ1n) is 13.2. The zero-order chi connectivity index (χ0) is 50.0. The van der Waals surface area contributed by atoms with Crippen molar-refractivity contribution in [1.82, 2.24) is 0 Å². The summed E-state index contributed by atoms with van der Waals surface area (Å²) in [6.07, 6.45) is -25.9. The topological polar surface area (TPSA) is 74.6 Å². The maximum atomic E-state index is 13.2. The second kappa shape index (κ2) is 16.9. The molecule has 0 rings (SSSR count). The van der Waals surface area contributed by atoms with E-state index in [0.717, 1.165) is 0 Å². The number of hydrogen-bond donors (Lipinski definition) is 2. The van der Waals surface area contributed by atoms with Crippen LogP contribution in [0.25, 0.3) is 0 Å². The van der Waals surface area contributed by atoms with Gasteiger partial charge in [-0.3, -0.25) is 9.59 Å². The van der Waals surface area contributed by atoms with E-state index in [9.17, 15) is 159 Å². The summed E-state index contributed by atoms with van der Waals surface area (Å²) in [7, 11) is 0. The number of rotatable bonds is 18. The molecule has 0 spiro atoms. The van der Waals surface area contributed by atoms with Gasteiger partial charge >= 0.3 is 107 Å². The first-order valence-corrected chi connectivity index (χ1v) is 13.2. The molecule has 0 unspecified atom stereocenters. The molecule has 0 bridgehead atoms. The van der Waals surface area contributed by atoms with Gasteiger partial charge in [0.1, 0.15) is 0 Å². The van der Waals surface area contributed by atoms with E-state index >= 15 is 0 Å². The Morgan fingerprint density at radius 1 is 0.262 bits per heavy atom. The molecular weight excluding hydrogens is 1030 g/mol. The summed E-state index contributed by atoms with van der Waals surface area (Å²) in [5.74, 6) is -119. The first-order chi connectivity index (χ1) is 25.3. The van der Waals surface area contributed by atoms with Gasteiger partial charge < -0.3 is 10.2 Å². The Balaban J connectivity index is -0.00000109. The van der Waals surface area contributed by atoms with Crippen LogP contribution >= 0.6 is 0 Å². The minimum Gasteiger partial charge on any atom is -0.481 e. The van der Waals surface area contributed by atoms with Crippen LogP contribution in [0.4, 0.5) is 149 Å². The second-order valence-electron chi connectivity index (χ2n) is 11.1. The third-order valence-electron chi connectivity index (χ3n) is 6.88. The van der Waals surface area contributed by atoms with Crippen molar-refractivity contribution < 1.29 is 186 Å². The molecule has 0 aromatic heterocycles. The Morgan fingerprint density at radius 3 is 0.525 bits per heavy atom. The second-order valence-corrected chi connectivity index (χ2v) is 11.1. The number of carboxylic acids is 2. The van der Waals surface area contributed by atoms with Crippen LogP contribution in [0, 0.1) is 0 Å². The normalized spacial score (nSPS) is 15.8. The first kappa shape index (κ1) is 62.4. The molecule has 0 atom stereocenters. The predicted octanol–water partition coefficient (Wildman–Crippen LogP) is 11.7. The molecule has 0 aliphatic rings. The Morgan fingerprint density at radius 2 is 0.393 bits per heavy atom. The van der Waals surface area contributed by atoms with Crippen molar-refractivity contribution in [1.29, 1.82) is 0 Å². The van der Waals surface area contributed by atoms with E-state index in [0.29, 0.717) is 0 Å². The van der Waals surface area contributed by atoms with Crippen LogP contribution in [0.2, 0.25) is 0 Å². The standard InChI is InChI=1S/2C11H5F17O2.Mn/c2*12-4(13,2-1-3(29)30)5(14,15)6(16,17)7(18,19)8(20,21)9(22,23)10(24,25)11(26,27)28;/h2*1-2H2,(H,29,30);. The molecule has 1 radical (unpaired) electrons. The Bertz CT molecular complexity index is 1410. The van der Waals surface area contributed by atoms with Crippen molar-refractivity contribution in [2.24, 2.45) is 0 Å². The van der Waals surface area contributed by atoms with Crippen molar-refractivity contribution in [2.45, 2.75) is 121 Å². The number of carbonyl (C=O) groups is 2. The Hall–Kier alpha value is -2.92. The van der Waals surface area contributed by atoms with E-state index in [-0.39, 0.29) is 17.1 Å². The van der Waals surface area contributed by atoms with Crippen LogP contribution in [0.3, 0.4) is 0 Å². The molecule has 2 N–H and O–H groups in total. The molecule has 0 amide bonds. The summed E-state index contributed by atoms with van der Waals surface area (Å²) in [5, 5.41) is 16.0. The zero-order valence-corrected chi connectivity index (χ0v) is 27.9. The Labute approximate surface area is 320 Å². The van der Waals surface area contributed by atoms with E-state index in [1.54, 1.807) is 0 Å². The average Bonchev–Trinajstić information content (AvgIpc) is 3.00. The number of halogens is 34. The van der Waals surface area contributed by atoms with Crippen LogP contribution in [-0.2, 0) is 26.7 Å². The Kier molecular flexibility index (Phi) is 17.3. The molecular formula is C22H10F34MnO4. The predicted molar refractivity (Wildman–Crippen MR) is 115 cm³/mol. The van der Waals surface area contributed by atoms with E-state index in [2.05, 4.69) is 0 Å². The molecule has 0 saturated carbocycles. The van der Waals surface area contributed by atoms with Crippen LogP contribution in [-0.4, -0.2) is 117 Å². The molecule has 0 saturated heterocycles. The summed E-state index contributed by atoms with van der Waals surface area (Å²) >= 11 is 0. The van der Waals surface area contributed by atoms with Crippen LogP contribution in [0.15, 0.2) is 0 Å². The van der Waals surface area contributed by atoms with Gasteiger partial charge in [0, 0.05) is 29.9 Å². The van der Waals surface area contributed by atoms with Gasteiger partial charge in [0.15, 0.2) is 0 Å². The van der Waals surface area contributed by atoms with E-state index < -0.39 is 133 Å². The fraction of sp³-hybridized carbons (Fsp3) is 0.909. The van der Waals surface area contributed by atoms with Gasteiger partial charge in [-0.1, -0.05) is 0 Å². The van der Waals surface area contributed by atoms with Gasteiger partial charge in [-0.15, -0.1) is 0 Å². The number of aliphatic carboxylic acids is 2. The summed E-state index contributed by atoms with van der Waals surface area (Å²) in [4.78, 5) is 20.0. The minimum atomic E-state index is -8.69. The van der Waals surface area contributed by atoms with Crippen molar-refractivity contribution in [3.8, 4) is 0 Å². The SMILES string of the molecule is O=C(O)CCC(F)(F)C(F)(F)C(F)(F)C(F)(F)C(F)(F)C(F)(F)C(F)(F)C(F)(F)F.O=C(O)CCC(F)(F)C(F)(F)C(F)(F)C(F)(F)C(F)(F)C(F)(F)C(F)(F)C(F)(F)F.[Mn]. The quantitative estimate of drug-likeness (QED) is 0.106. The van der Waals surface area contributed by atoms with Gasteiger partial charge in [0.2, 0.25) is 0 Å². The number of alkyl halides is 34. The third kappa shape index (κ3) is 9.49. The van der Waals surface area contributed by atoms with E-state index in [1.165, 1.54) is 0 Å². The van der Waals surface area contributed by atoms with Gasteiger partial charge in [-0.2, -0.15) is 149 Å². The van der Waals surface area contributed by atoms with Crippen molar-refractivity contribution in [3.05, 3.63) is 0 Å². The van der Waals surface area contributed by atoms with Gasteiger partial charge in [0.25, 0.3) is 0 Å². The van der Waals surface area contributed by atoms with Crippen molar-refractivity contribution in [3.63, 3.8) is 0 Å². The monoisotopic (exact) mass is 1040 g/mol. The molecule has 0 heterocycles. The molecule has 39 heteroatoms. The van der Waals surface area contributed by atoms with Crippen molar-refractivity contribution >= 4 is 11.9 Å².